The van der Waals surface area contributed by atoms with Gasteiger partial charge in [-0.1, -0.05) is 6.92 Å². The monoisotopic (exact) mass is 319 g/mol. The second-order valence-electron chi connectivity index (χ2n) is 4.47. The lowest BCUT2D eigenvalue weighted by atomic mass is 10.1. The lowest BCUT2D eigenvalue weighted by Gasteiger charge is -2.24. The minimum atomic E-state index is -3.89. The Kier molecular flexibility index (Phi) is 5.42. The summed E-state index contributed by atoms with van der Waals surface area (Å²) in [7, 11) is 4.50. The van der Waals surface area contributed by atoms with E-state index in [0.29, 0.717) is 5.75 Å². The van der Waals surface area contributed by atoms with Crippen LogP contribution < -0.4 is 4.74 Å². The van der Waals surface area contributed by atoms with Crippen molar-refractivity contribution in [3.05, 3.63) is 23.8 Å². The van der Waals surface area contributed by atoms with E-state index in [-0.39, 0.29) is 22.4 Å². The first-order valence-electron chi connectivity index (χ1n) is 6.12. The number of benzene rings is 1. The summed E-state index contributed by atoms with van der Waals surface area (Å²) in [5.41, 5.74) is 0.178. The second kappa shape index (κ2) is 6.45. The largest absolute Gasteiger partial charge is 0.496 e. The standard InChI is InChI=1S/C13H18ClNO4S/c1-5-9(2)15(3)13(16)11-8-10(20(14,17)18)6-7-12(11)19-4/h6-9H,5H2,1-4H3. The molecule has 0 aromatic heterocycles. The van der Waals surface area contributed by atoms with Gasteiger partial charge in [-0.15, -0.1) is 0 Å². The van der Waals surface area contributed by atoms with Crippen LogP contribution >= 0.6 is 10.7 Å². The summed E-state index contributed by atoms with van der Waals surface area (Å²) < 4.78 is 27.8. The van der Waals surface area contributed by atoms with Crippen LogP contribution in [0.2, 0.25) is 0 Å². The lowest BCUT2D eigenvalue weighted by molar-refractivity contribution is 0.0737. The Labute approximate surface area is 123 Å². The molecule has 0 heterocycles. The SMILES string of the molecule is CCC(C)N(C)C(=O)c1cc(S(=O)(=O)Cl)ccc1OC. The number of carbonyl (C=O) groups is 1. The number of carbonyl (C=O) groups excluding carboxylic acids is 1. The van der Waals surface area contributed by atoms with Crippen LogP contribution in [0.1, 0.15) is 30.6 Å². The van der Waals surface area contributed by atoms with E-state index in [1.54, 1.807) is 11.9 Å². The van der Waals surface area contributed by atoms with Crippen LogP contribution in [-0.2, 0) is 9.05 Å². The van der Waals surface area contributed by atoms with Crippen LogP contribution in [0.4, 0.5) is 0 Å². The average Bonchev–Trinajstić information content (AvgIpc) is 2.43. The highest BCUT2D eigenvalue weighted by Gasteiger charge is 2.22. The fourth-order valence-electron chi connectivity index (χ4n) is 1.67. The highest BCUT2D eigenvalue weighted by Crippen LogP contribution is 2.26. The first-order valence-corrected chi connectivity index (χ1v) is 8.43. The zero-order valence-corrected chi connectivity index (χ0v) is 13.5. The molecule has 0 saturated carbocycles. The van der Waals surface area contributed by atoms with Gasteiger partial charge < -0.3 is 9.64 Å². The van der Waals surface area contributed by atoms with Crippen molar-refractivity contribution in [1.29, 1.82) is 0 Å². The molecule has 20 heavy (non-hydrogen) atoms. The van der Waals surface area contributed by atoms with Gasteiger partial charge in [-0.2, -0.15) is 0 Å². The van der Waals surface area contributed by atoms with Crippen LogP contribution in [0.5, 0.6) is 5.75 Å². The fraction of sp³-hybridized carbons (Fsp3) is 0.462. The molecule has 1 aromatic carbocycles. The maximum atomic E-state index is 12.4. The maximum absolute atomic E-state index is 12.4. The van der Waals surface area contributed by atoms with E-state index in [1.807, 2.05) is 13.8 Å². The number of nitrogens with zero attached hydrogens (tertiary/aromatic N) is 1. The summed E-state index contributed by atoms with van der Waals surface area (Å²) in [6.07, 6.45) is 0.790. The molecule has 112 valence electrons. The van der Waals surface area contributed by atoms with Gasteiger partial charge in [-0.3, -0.25) is 4.79 Å². The molecular weight excluding hydrogens is 302 g/mol. The maximum Gasteiger partial charge on any atom is 0.261 e. The zero-order valence-electron chi connectivity index (χ0n) is 11.9. The second-order valence-corrected chi connectivity index (χ2v) is 7.04. The van der Waals surface area contributed by atoms with Crippen LogP contribution in [0.25, 0.3) is 0 Å². The van der Waals surface area contributed by atoms with Crippen LogP contribution in [-0.4, -0.2) is 39.4 Å². The molecule has 0 saturated heterocycles. The number of amides is 1. The Morgan fingerprint density at radius 1 is 1.45 bits per heavy atom. The molecule has 0 bridgehead atoms. The smallest absolute Gasteiger partial charge is 0.261 e. The van der Waals surface area contributed by atoms with E-state index in [9.17, 15) is 13.2 Å². The molecule has 0 fully saturated rings. The van der Waals surface area contributed by atoms with Crippen LogP contribution in [0, 0.1) is 0 Å². The van der Waals surface area contributed by atoms with E-state index < -0.39 is 9.05 Å². The van der Waals surface area contributed by atoms with Gasteiger partial charge in [-0.05, 0) is 31.5 Å². The number of hydrogen-bond acceptors (Lipinski definition) is 4. The van der Waals surface area contributed by atoms with Gasteiger partial charge in [0.2, 0.25) is 0 Å². The number of methoxy groups -OCH3 is 1. The molecular formula is C13H18ClNO4S. The molecule has 0 aliphatic rings. The summed E-state index contributed by atoms with van der Waals surface area (Å²) >= 11 is 0. The predicted molar refractivity (Wildman–Crippen MR) is 77.9 cm³/mol. The molecule has 1 atom stereocenters. The third kappa shape index (κ3) is 3.64. The number of hydrogen-bond donors (Lipinski definition) is 0. The Hall–Kier alpha value is -1.27. The van der Waals surface area contributed by atoms with Crippen LogP contribution in [0.3, 0.4) is 0 Å². The third-order valence-corrected chi connectivity index (χ3v) is 4.61. The fourth-order valence-corrected chi connectivity index (χ4v) is 2.45. The van der Waals surface area contributed by atoms with Gasteiger partial charge in [-0.25, -0.2) is 8.42 Å². The minimum Gasteiger partial charge on any atom is -0.496 e. The highest BCUT2D eigenvalue weighted by molar-refractivity contribution is 8.13. The topological polar surface area (TPSA) is 63.7 Å². The molecule has 0 radical (unpaired) electrons. The predicted octanol–water partition coefficient (Wildman–Crippen LogP) is 2.49. The van der Waals surface area contributed by atoms with Crippen LogP contribution in [0.15, 0.2) is 23.1 Å². The molecule has 1 aromatic rings. The Balaban J connectivity index is 3.31. The molecule has 0 aliphatic carbocycles. The molecule has 0 spiro atoms. The van der Waals surface area contributed by atoms with Gasteiger partial charge in [0.15, 0.2) is 0 Å². The van der Waals surface area contributed by atoms with Gasteiger partial charge in [0.1, 0.15) is 5.75 Å². The van der Waals surface area contributed by atoms with E-state index in [1.165, 1.54) is 25.3 Å². The van der Waals surface area contributed by atoms with Gasteiger partial charge in [0.25, 0.3) is 15.0 Å². The first kappa shape index (κ1) is 16.8. The van der Waals surface area contributed by atoms with Crippen molar-refractivity contribution >= 4 is 25.6 Å². The summed E-state index contributed by atoms with van der Waals surface area (Å²) in [5, 5.41) is 0. The van der Waals surface area contributed by atoms with Crippen molar-refractivity contribution in [2.75, 3.05) is 14.2 Å². The Morgan fingerprint density at radius 3 is 2.50 bits per heavy atom. The van der Waals surface area contributed by atoms with Crippen molar-refractivity contribution < 1.29 is 17.9 Å². The summed E-state index contributed by atoms with van der Waals surface area (Å²) in [5.74, 6) is 0.00702. The molecule has 1 unspecified atom stereocenters. The van der Waals surface area contributed by atoms with Crippen molar-refractivity contribution in [2.24, 2.45) is 0 Å². The van der Waals surface area contributed by atoms with Crippen molar-refractivity contribution in [3.63, 3.8) is 0 Å². The molecule has 0 N–H and O–H groups in total. The Morgan fingerprint density at radius 2 is 2.05 bits per heavy atom. The summed E-state index contributed by atoms with van der Waals surface area (Å²) in [6.45, 7) is 3.87. The third-order valence-electron chi connectivity index (χ3n) is 3.26. The number of halogens is 1. The average molecular weight is 320 g/mol. The van der Waals surface area contributed by atoms with E-state index >= 15 is 0 Å². The van der Waals surface area contributed by atoms with Crippen molar-refractivity contribution in [2.45, 2.75) is 31.2 Å². The van der Waals surface area contributed by atoms with Gasteiger partial charge in [0.05, 0.1) is 17.6 Å². The molecule has 0 aliphatic heterocycles. The Bertz CT molecular complexity index is 600. The highest BCUT2D eigenvalue weighted by atomic mass is 35.7. The molecule has 7 heteroatoms. The summed E-state index contributed by atoms with van der Waals surface area (Å²) in [6, 6.07) is 4.00. The van der Waals surface area contributed by atoms with E-state index in [0.717, 1.165) is 6.42 Å². The normalized spacial score (nSPS) is 12.8. The lowest BCUT2D eigenvalue weighted by Crippen LogP contribution is -2.34. The number of ether oxygens (including phenoxy) is 1. The minimum absolute atomic E-state index is 0.0310. The number of rotatable bonds is 5. The van der Waals surface area contributed by atoms with E-state index in [4.69, 9.17) is 15.4 Å². The van der Waals surface area contributed by atoms with E-state index in [2.05, 4.69) is 0 Å². The molecule has 5 nitrogen and oxygen atoms in total. The van der Waals surface area contributed by atoms with Gasteiger partial charge in [0, 0.05) is 23.8 Å². The molecule has 1 rings (SSSR count). The first-order chi connectivity index (χ1) is 9.22. The zero-order chi connectivity index (χ0) is 15.5. The molecule has 1 amide bonds. The quantitative estimate of drug-likeness (QED) is 0.782. The summed E-state index contributed by atoms with van der Waals surface area (Å²) in [4.78, 5) is 13.8. The van der Waals surface area contributed by atoms with Crippen molar-refractivity contribution in [3.8, 4) is 5.75 Å². The van der Waals surface area contributed by atoms with Gasteiger partial charge >= 0.3 is 0 Å². The van der Waals surface area contributed by atoms with Crippen molar-refractivity contribution in [1.82, 2.24) is 4.90 Å².